The third-order valence-electron chi connectivity index (χ3n) is 5.32. The summed E-state index contributed by atoms with van der Waals surface area (Å²) < 4.78 is 15.8. The summed E-state index contributed by atoms with van der Waals surface area (Å²) in [6.07, 6.45) is 0. The molecule has 0 aliphatic carbocycles. The summed E-state index contributed by atoms with van der Waals surface area (Å²) in [4.78, 5) is 17.4. The van der Waals surface area contributed by atoms with Gasteiger partial charge < -0.3 is 24.5 Å². The molecule has 7 heteroatoms. The molecule has 0 aliphatic rings. The molecule has 0 saturated carbocycles. The Labute approximate surface area is 197 Å². The Morgan fingerprint density at radius 2 is 1.64 bits per heavy atom. The van der Waals surface area contributed by atoms with E-state index in [-0.39, 0.29) is 5.91 Å². The van der Waals surface area contributed by atoms with Gasteiger partial charge in [-0.1, -0.05) is 18.2 Å². The van der Waals surface area contributed by atoms with Crippen molar-refractivity contribution in [2.75, 3.05) is 33.6 Å². The summed E-state index contributed by atoms with van der Waals surface area (Å²) in [5.74, 6) is 2.49. The van der Waals surface area contributed by atoms with Crippen LogP contribution in [-0.4, -0.2) is 44.5 Å². The molecule has 1 amide bonds. The van der Waals surface area contributed by atoms with E-state index in [4.69, 9.17) is 14.2 Å². The van der Waals surface area contributed by atoms with Gasteiger partial charge >= 0.3 is 0 Å². The molecule has 2 N–H and O–H groups in total. The topological polar surface area (TPSA) is 72.6 Å². The fraction of sp³-hybridized carbons (Fsp3) is 0.192. The van der Waals surface area contributed by atoms with Crippen molar-refractivity contribution in [1.82, 2.24) is 10.3 Å². The lowest BCUT2D eigenvalue weighted by molar-refractivity contribution is 0.0953. The number of fused-ring (bicyclic) bond motifs is 1. The van der Waals surface area contributed by atoms with Crippen molar-refractivity contribution in [3.05, 3.63) is 72.3 Å². The Bertz CT molecular complexity index is 1250. The molecule has 4 aromatic rings. The van der Waals surface area contributed by atoms with Crippen molar-refractivity contribution in [3.63, 3.8) is 0 Å². The number of nitrogens with one attached hydrogen (secondary N) is 2. The first-order chi connectivity index (χ1) is 16.1. The van der Waals surface area contributed by atoms with Crippen LogP contribution in [0, 0.1) is 0 Å². The van der Waals surface area contributed by atoms with Crippen LogP contribution in [0.15, 0.2) is 71.6 Å². The predicted molar refractivity (Wildman–Crippen MR) is 133 cm³/mol. The minimum absolute atomic E-state index is 0.176. The van der Waals surface area contributed by atoms with Gasteiger partial charge in [-0.25, -0.2) is 0 Å². The van der Waals surface area contributed by atoms with Gasteiger partial charge in [0.15, 0.2) is 0 Å². The summed E-state index contributed by atoms with van der Waals surface area (Å²) in [5.41, 5.74) is 3.71. The second-order valence-electron chi connectivity index (χ2n) is 7.27. The maximum absolute atomic E-state index is 12.7. The third-order valence-corrected chi connectivity index (χ3v) is 6.45. The molecular formula is C26H26N2O4S. The number of carbonyl (C=O) groups excluding carboxylic acids is 1. The number of ether oxygens (including phenoxy) is 3. The number of benzene rings is 3. The zero-order valence-electron chi connectivity index (χ0n) is 18.8. The minimum Gasteiger partial charge on any atom is -0.497 e. The molecule has 0 bridgehead atoms. The minimum atomic E-state index is -0.176. The second-order valence-corrected chi connectivity index (χ2v) is 8.38. The van der Waals surface area contributed by atoms with Crippen LogP contribution in [0.3, 0.4) is 0 Å². The van der Waals surface area contributed by atoms with Gasteiger partial charge in [0.1, 0.15) is 17.2 Å². The third kappa shape index (κ3) is 4.93. The number of methoxy groups -OCH3 is 3. The van der Waals surface area contributed by atoms with Crippen molar-refractivity contribution in [1.29, 1.82) is 0 Å². The zero-order chi connectivity index (χ0) is 23.2. The van der Waals surface area contributed by atoms with Crippen LogP contribution in [0.5, 0.6) is 17.2 Å². The van der Waals surface area contributed by atoms with E-state index in [0.29, 0.717) is 23.6 Å². The Balaban J connectivity index is 1.48. The summed E-state index contributed by atoms with van der Waals surface area (Å²) in [5, 5.41) is 4.15. The number of hydrogen-bond donors (Lipinski definition) is 2. The van der Waals surface area contributed by atoms with Crippen molar-refractivity contribution >= 4 is 28.6 Å². The lowest BCUT2D eigenvalue weighted by Gasteiger charge is -2.11. The van der Waals surface area contributed by atoms with Crippen molar-refractivity contribution in [2.45, 2.75) is 4.90 Å². The molecule has 4 rings (SSSR count). The monoisotopic (exact) mass is 462 g/mol. The number of rotatable bonds is 9. The fourth-order valence-corrected chi connectivity index (χ4v) is 4.68. The highest BCUT2D eigenvalue weighted by molar-refractivity contribution is 7.99. The van der Waals surface area contributed by atoms with Crippen molar-refractivity contribution < 1.29 is 19.0 Å². The average molecular weight is 463 g/mol. The van der Waals surface area contributed by atoms with Crippen molar-refractivity contribution in [3.8, 4) is 28.5 Å². The number of thioether (sulfide) groups is 1. The van der Waals surface area contributed by atoms with Crippen LogP contribution in [0.2, 0.25) is 0 Å². The van der Waals surface area contributed by atoms with Gasteiger partial charge in [-0.15, -0.1) is 11.8 Å². The van der Waals surface area contributed by atoms with E-state index in [9.17, 15) is 4.79 Å². The van der Waals surface area contributed by atoms with E-state index in [2.05, 4.69) is 22.4 Å². The van der Waals surface area contributed by atoms with Crippen LogP contribution in [0.1, 0.15) is 10.4 Å². The largest absolute Gasteiger partial charge is 0.497 e. The Hall–Kier alpha value is -3.58. The highest BCUT2D eigenvalue weighted by Gasteiger charge is 2.15. The number of hydrogen-bond acceptors (Lipinski definition) is 5. The number of H-pyrrole nitrogens is 1. The van der Waals surface area contributed by atoms with E-state index in [1.54, 1.807) is 51.3 Å². The summed E-state index contributed by atoms with van der Waals surface area (Å²) in [6, 6.07) is 21.4. The van der Waals surface area contributed by atoms with Gasteiger partial charge in [-0.05, 0) is 48.0 Å². The van der Waals surface area contributed by atoms with Gasteiger partial charge in [0.2, 0.25) is 0 Å². The molecule has 0 saturated heterocycles. The molecule has 6 nitrogen and oxygen atoms in total. The normalized spacial score (nSPS) is 10.8. The van der Waals surface area contributed by atoms with E-state index in [1.165, 1.54) is 0 Å². The molecular weight excluding hydrogens is 436 g/mol. The van der Waals surface area contributed by atoms with E-state index in [1.807, 2.05) is 36.4 Å². The van der Waals surface area contributed by atoms with Gasteiger partial charge in [0.25, 0.3) is 5.91 Å². The van der Waals surface area contributed by atoms with E-state index >= 15 is 0 Å². The number of aromatic amines is 1. The SMILES string of the molecule is COc1ccc(-c2[nH]c3ccccc3c2SCCNC(=O)c2ccc(OC)cc2OC)cc1. The van der Waals surface area contributed by atoms with Crippen LogP contribution in [0.25, 0.3) is 22.2 Å². The highest BCUT2D eigenvalue weighted by Crippen LogP contribution is 2.38. The molecule has 1 heterocycles. The Morgan fingerprint density at radius 1 is 0.909 bits per heavy atom. The molecule has 1 aromatic heterocycles. The van der Waals surface area contributed by atoms with Crippen LogP contribution < -0.4 is 19.5 Å². The molecule has 3 aromatic carbocycles. The van der Waals surface area contributed by atoms with Crippen LogP contribution in [0.4, 0.5) is 0 Å². The predicted octanol–water partition coefficient (Wildman–Crippen LogP) is 5.38. The first-order valence-electron chi connectivity index (χ1n) is 10.5. The second kappa shape index (κ2) is 10.4. The number of aromatic nitrogens is 1. The van der Waals surface area contributed by atoms with E-state index in [0.717, 1.165) is 38.6 Å². The first kappa shape index (κ1) is 22.6. The van der Waals surface area contributed by atoms with E-state index < -0.39 is 0 Å². The fourth-order valence-electron chi connectivity index (χ4n) is 3.63. The molecule has 0 spiro atoms. The maximum atomic E-state index is 12.7. The molecule has 0 atom stereocenters. The van der Waals surface area contributed by atoms with Crippen LogP contribution in [-0.2, 0) is 0 Å². The zero-order valence-corrected chi connectivity index (χ0v) is 19.6. The highest BCUT2D eigenvalue weighted by atomic mass is 32.2. The van der Waals surface area contributed by atoms with Crippen LogP contribution >= 0.6 is 11.8 Å². The summed E-state index contributed by atoms with van der Waals surface area (Å²) in [6.45, 7) is 0.514. The van der Waals surface area contributed by atoms with Gasteiger partial charge in [-0.3, -0.25) is 4.79 Å². The molecule has 170 valence electrons. The molecule has 33 heavy (non-hydrogen) atoms. The lowest BCUT2D eigenvalue weighted by Crippen LogP contribution is -2.26. The Morgan fingerprint density at radius 3 is 2.36 bits per heavy atom. The lowest BCUT2D eigenvalue weighted by atomic mass is 10.1. The van der Waals surface area contributed by atoms with Crippen molar-refractivity contribution in [2.24, 2.45) is 0 Å². The molecule has 0 radical (unpaired) electrons. The summed E-state index contributed by atoms with van der Waals surface area (Å²) >= 11 is 1.71. The smallest absolute Gasteiger partial charge is 0.255 e. The van der Waals surface area contributed by atoms with Gasteiger partial charge in [0.05, 0.1) is 32.6 Å². The molecule has 0 fully saturated rings. The quantitative estimate of drug-likeness (QED) is 0.258. The van der Waals surface area contributed by atoms with Gasteiger partial charge in [-0.2, -0.15) is 0 Å². The standard InChI is InChI=1S/C26H26N2O4S/c1-30-18-10-8-17(9-11-18)24-25(20-6-4-5-7-22(20)28-24)33-15-14-27-26(29)21-13-12-19(31-2)16-23(21)32-3/h4-13,16,28H,14-15H2,1-3H3,(H,27,29). The number of amides is 1. The summed E-state index contributed by atoms with van der Waals surface area (Å²) in [7, 11) is 4.78. The maximum Gasteiger partial charge on any atom is 0.255 e. The van der Waals surface area contributed by atoms with Gasteiger partial charge in [0, 0.05) is 34.2 Å². The first-order valence-corrected chi connectivity index (χ1v) is 11.5. The average Bonchev–Trinajstić information content (AvgIpc) is 3.24. The molecule has 0 aliphatic heterocycles. The number of carbonyl (C=O) groups is 1. The number of para-hydroxylation sites is 1. The molecule has 0 unspecified atom stereocenters. The Kier molecular flexibility index (Phi) is 7.10.